The van der Waals surface area contributed by atoms with Gasteiger partial charge in [-0.25, -0.2) is 13.5 Å². The van der Waals surface area contributed by atoms with E-state index in [1.165, 1.54) is 24.2 Å². The first kappa shape index (κ1) is 26.0. The Hall–Kier alpha value is -3.10. The molecule has 0 radical (unpaired) electrons. The zero-order valence-corrected chi connectivity index (χ0v) is 20.1. The summed E-state index contributed by atoms with van der Waals surface area (Å²) in [6.07, 6.45) is 5.04. The van der Waals surface area contributed by atoms with Crippen LogP contribution in [0.15, 0.2) is 35.5 Å². The maximum absolute atomic E-state index is 14.0. The minimum atomic E-state index is -1.29. The third-order valence-corrected chi connectivity index (χ3v) is 7.07. The lowest BCUT2D eigenvalue weighted by atomic mass is 9.97. The van der Waals surface area contributed by atoms with Crippen LogP contribution in [-0.4, -0.2) is 67.7 Å². The number of ether oxygens (including phenoxy) is 2. The Morgan fingerprint density at radius 1 is 1.36 bits per heavy atom. The Morgan fingerprint density at radius 2 is 2.08 bits per heavy atom. The number of methoxy groups -OCH3 is 1. The lowest BCUT2D eigenvalue weighted by Gasteiger charge is -2.43. The molecule has 0 spiro atoms. The van der Waals surface area contributed by atoms with Gasteiger partial charge in [0.25, 0.3) is 5.82 Å². The van der Waals surface area contributed by atoms with Gasteiger partial charge in [-0.3, -0.25) is 0 Å². The van der Waals surface area contributed by atoms with Crippen molar-refractivity contribution in [1.29, 1.82) is 0 Å². The van der Waals surface area contributed by atoms with Gasteiger partial charge in [-0.05, 0) is 18.2 Å². The van der Waals surface area contributed by atoms with Crippen molar-refractivity contribution in [2.75, 3.05) is 13.7 Å². The lowest BCUT2D eigenvalue weighted by molar-refractivity contribution is -0.186. The fourth-order valence-corrected chi connectivity index (χ4v) is 5.14. The third-order valence-electron chi connectivity index (χ3n) is 5.54. The monoisotopic (exact) mass is 533 g/mol. The number of pyridine rings is 1. The minimum Gasteiger partial charge on any atom is -0.394 e. The van der Waals surface area contributed by atoms with Gasteiger partial charge in [0, 0.05) is 17.6 Å². The van der Waals surface area contributed by atoms with Crippen LogP contribution in [0.5, 0.6) is 0 Å². The molecule has 2 aromatic heterocycles. The molecule has 0 amide bonds. The van der Waals surface area contributed by atoms with Gasteiger partial charge in [-0.15, -0.1) is 28.3 Å². The van der Waals surface area contributed by atoms with Gasteiger partial charge in [0.05, 0.1) is 18.4 Å². The topological polar surface area (TPSA) is 107 Å². The third kappa shape index (κ3) is 4.92. The van der Waals surface area contributed by atoms with Crippen LogP contribution >= 0.6 is 23.4 Å². The van der Waals surface area contributed by atoms with E-state index in [1.807, 2.05) is 0 Å². The summed E-state index contributed by atoms with van der Waals surface area (Å²) in [5, 5.41) is 28.2. The van der Waals surface area contributed by atoms with Crippen LogP contribution in [0.2, 0.25) is 5.02 Å². The number of hydrogen-bond acceptors (Lipinski definition) is 8. The van der Waals surface area contributed by atoms with Crippen molar-refractivity contribution in [3.63, 3.8) is 0 Å². The number of halogens is 3. The van der Waals surface area contributed by atoms with Crippen LogP contribution in [0.3, 0.4) is 0 Å². The van der Waals surface area contributed by atoms with E-state index >= 15 is 0 Å². The van der Waals surface area contributed by atoms with Gasteiger partial charge in [0.2, 0.25) is 0 Å². The minimum absolute atomic E-state index is 0.0830. The number of nitrogens with zero attached hydrogens (tertiary/aromatic N) is 5. The second kappa shape index (κ2) is 10.9. The molecule has 0 aliphatic carbocycles. The first-order chi connectivity index (χ1) is 17.3. The number of thioether (sulfide) groups is 1. The molecule has 9 nitrogen and oxygen atoms in total. The number of aliphatic hydroxyl groups excluding tert-OH is 2. The van der Waals surface area contributed by atoms with Crippen LogP contribution in [0, 0.1) is 30.6 Å². The van der Waals surface area contributed by atoms with Crippen LogP contribution in [0.1, 0.15) is 11.6 Å². The molecule has 0 saturated carbocycles. The summed E-state index contributed by atoms with van der Waals surface area (Å²) in [6, 6.07) is 2.70. The molecule has 36 heavy (non-hydrogen) atoms. The fourth-order valence-electron chi connectivity index (χ4n) is 3.78. The maximum atomic E-state index is 14.0. The standard InChI is InChI=1S/C23H18ClF2N5O4S/c1-4-11-5-17(22(27-2)28-8-11)36-23-21(34-3)19(20(33)16(10-32)35-23)31-9-15(29-30-31)12-6-13(25)18(24)14(26)7-12/h1,5-9,16,19-21,23,32-33H,10H2,3H3/t16?,19-,20-,21?,23+/m0/s1. The predicted molar refractivity (Wildman–Crippen MR) is 126 cm³/mol. The number of terminal acetylenes is 1. The zero-order valence-electron chi connectivity index (χ0n) is 18.5. The zero-order chi connectivity index (χ0) is 26.0. The molecule has 3 aromatic rings. The average molecular weight is 534 g/mol. The second-order valence-corrected chi connectivity index (χ2v) is 9.18. The SMILES string of the molecule is [C-]#[N+]c1ncc(C#C)cc1S[C@H]1OC(CO)[C@H](O)[C@H](n2cc(-c3cc(F)c(Cl)c(F)c3)nn2)C1OC. The van der Waals surface area contributed by atoms with E-state index in [0.717, 1.165) is 23.9 Å². The van der Waals surface area contributed by atoms with E-state index in [2.05, 4.69) is 26.1 Å². The molecule has 1 aliphatic heterocycles. The fraction of sp³-hybridized carbons (Fsp3) is 0.304. The molecule has 2 N–H and O–H groups in total. The molecule has 2 unspecified atom stereocenters. The normalized spacial score (nSPS) is 23.7. The molecule has 13 heteroatoms. The lowest BCUT2D eigenvalue weighted by Crippen LogP contribution is -2.55. The van der Waals surface area contributed by atoms with Crippen molar-refractivity contribution in [2.45, 2.75) is 34.7 Å². The maximum Gasteiger partial charge on any atom is 0.283 e. The highest BCUT2D eigenvalue weighted by atomic mass is 35.5. The Kier molecular flexibility index (Phi) is 7.85. The van der Waals surface area contributed by atoms with E-state index in [-0.39, 0.29) is 17.1 Å². The van der Waals surface area contributed by atoms with Crippen molar-refractivity contribution >= 4 is 29.2 Å². The van der Waals surface area contributed by atoms with Gasteiger partial charge in [0.15, 0.2) is 0 Å². The van der Waals surface area contributed by atoms with Crippen molar-refractivity contribution in [1.82, 2.24) is 20.0 Å². The summed E-state index contributed by atoms with van der Waals surface area (Å²) in [5.41, 5.74) is -0.189. The quantitative estimate of drug-likeness (QED) is 0.283. The summed E-state index contributed by atoms with van der Waals surface area (Å²) in [6.45, 7) is 6.87. The van der Waals surface area contributed by atoms with Crippen LogP contribution in [-0.2, 0) is 9.47 Å². The van der Waals surface area contributed by atoms with Crippen molar-refractivity contribution in [3.8, 4) is 23.6 Å². The molecule has 1 fully saturated rings. The van der Waals surface area contributed by atoms with E-state index in [0.29, 0.717) is 10.5 Å². The molecular weight excluding hydrogens is 516 g/mol. The predicted octanol–water partition coefficient (Wildman–Crippen LogP) is 3.23. The Bertz CT molecular complexity index is 1340. The van der Waals surface area contributed by atoms with Gasteiger partial charge in [-0.1, -0.05) is 29.3 Å². The molecule has 1 saturated heterocycles. The first-order valence-corrected chi connectivity index (χ1v) is 11.6. The van der Waals surface area contributed by atoms with Gasteiger partial charge in [0.1, 0.15) is 58.3 Å². The summed E-state index contributed by atoms with van der Waals surface area (Å²) in [4.78, 5) is 7.89. The second-order valence-electron chi connectivity index (χ2n) is 7.66. The van der Waals surface area contributed by atoms with Crippen molar-refractivity contribution < 1.29 is 28.5 Å². The van der Waals surface area contributed by atoms with E-state index in [4.69, 9.17) is 34.1 Å². The van der Waals surface area contributed by atoms with Gasteiger partial charge >= 0.3 is 0 Å². The smallest absolute Gasteiger partial charge is 0.283 e. The van der Waals surface area contributed by atoms with Gasteiger partial charge in [-0.2, -0.15) is 0 Å². The van der Waals surface area contributed by atoms with Crippen molar-refractivity contribution in [3.05, 3.63) is 64.2 Å². The molecule has 1 aliphatic rings. The number of aromatic nitrogens is 4. The molecule has 5 atom stereocenters. The highest BCUT2D eigenvalue weighted by molar-refractivity contribution is 8.00. The average Bonchev–Trinajstić information content (AvgIpc) is 3.37. The van der Waals surface area contributed by atoms with E-state index < -0.39 is 53.1 Å². The number of rotatable bonds is 6. The molecule has 4 rings (SSSR count). The Labute approximate surface area is 213 Å². The first-order valence-electron chi connectivity index (χ1n) is 10.4. The number of benzene rings is 1. The van der Waals surface area contributed by atoms with Crippen LogP contribution in [0.25, 0.3) is 16.1 Å². The molecule has 3 heterocycles. The van der Waals surface area contributed by atoms with Gasteiger partial charge < -0.3 is 24.5 Å². The molecular formula is C23H18ClF2N5O4S. The summed E-state index contributed by atoms with van der Waals surface area (Å²) in [7, 11) is 1.40. The number of hydrogen-bond donors (Lipinski definition) is 2. The Morgan fingerprint density at radius 3 is 2.69 bits per heavy atom. The highest BCUT2D eigenvalue weighted by Crippen LogP contribution is 2.42. The van der Waals surface area contributed by atoms with Crippen LogP contribution in [0.4, 0.5) is 14.6 Å². The molecule has 1 aromatic carbocycles. The molecule has 0 bridgehead atoms. The largest absolute Gasteiger partial charge is 0.394 e. The highest BCUT2D eigenvalue weighted by Gasteiger charge is 2.47. The van der Waals surface area contributed by atoms with Crippen molar-refractivity contribution in [2.24, 2.45) is 0 Å². The van der Waals surface area contributed by atoms with E-state index in [9.17, 15) is 19.0 Å². The summed E-state index contributed by atoms with van der Waals surface area (Å²) < 4.78 is 40.8. The van der Waals surface area contributed by atoms with Crippen LogP contribution < -0.4 is 0 Å². The Balaban J connectivity index is 1.70. The summed E-state index contributed by atoms with van der Waals surface area (Å²) in [5.74, 6) is 0.629. The van der Waals surface area contributed by atoms with E-state index in [1.54, 1.807) is 6.07 Å². The summed E-state index contributed by atoms with van der Waals surface area (Å²) >= 11 is 6.65. The number of aliphatic hydroxyl groups is 2. The molecule has 186 valence electrons.